The molecule has 0 unspecified atom stereocenters. The Bertz CT molecular complexity index is 507. The first-order valence-corrected chi connectivity index (χ1v) is 4.13. The largest absolute Gasteiger partial charge is 0.507 e. The van der Waals surface area contributed by atoms with Crippen LogP contribution in [0.1, 0.15) is 10.4 Å². The van der Waals surface area contributed by atoms with Crippen molar-refractivity contribution >= 4 is 16.7 Å². The maximum atomic E-state index is 10.7. The Morgan fingerprint density at radius 1 is 1.00 bits per heavy atom. The van der Waals surface area contributed by atoms with Crippen molar-refractivity contribution in [1.82, 2.24) is 0 Å². The molecular weight excluding hydrogens is 212 g/mol. The first kappa shape index (κ1) is 13.9. The van der Waals surface area contributed by atoms with Crippen LogP contribution in [-0.4, -0.2) is 27.1 Å². The first-order valence-electron chi connectivity index (χ1n) is 4.13. The third-order valence-corrected chi connectivity index (χ3v) is 2.09. The lowest BCUT2D eigenvalue weighted by atomic mass is 10.1. The molecule has 0 spiro atoms. The summed E-state index contributed by atoms with van der Waals surface area (Å²) in [5, 5.41) is 19.8. The Hall–Kier alpha value is -2.11. The van der Waals surface area contributed by atoms with E-state index in [1.807, 2.05) is 18.2 Å². The summed E-state index contributed by atoms with van der Waals surface area (Å²) in [6, 6.07) is 10.2. The summed E-state index contributed by atoms with van der Waals surface area (Å²) in [5.41, 5.74) is -0.0660. The maximum Gasteiger partial charge on any atom is 0.339 e. The van der Waals surface area contributed by atoms with E-state index in [0.717, 1.165) is 10.8 Å². The van der Waals surface area contributed by atoms with E-state index in [2.05, 4.69) is 0 Å². The number of carboxylic acids is 1. The molecule has 5 heteroatoms. The number of aromatic hydroxyl groups is 1. The van der Waals surface area contributed by atoms with Gasteiger partial charge in [-0.25, -0.2) is 4.79 Å². The smallest absolute Gasteiger partial charge is 0.339 e. The highest BCUT2D eigenvalue weighted by molar-refractivity contribution is 5.97. The van der Waals surface area contributed by atoms with Crippen LogP contribution in [0.5, 0.6) is 5.75 Å². The minimum Gasteiger partial charge on any atom is -0.507 e. The van der Waals surface area contributed by atoms with Gasteiger partial charge in [0.15, 0.2) is 0 Å². The summed E-state index contributed by atoms with van der Waals surface area (Å²) < 4.78 is 0. The second-order valence-electron chi connectivity index (χ2n) is 3.02. The van der Waals surface area contributed by atoms with Gasteiger partial charge in [0.2, 0.25) is 0 Å². The lowest BCUT2D eigenvalue weighted by molar-refractivity contribution is 0.0694. The minimum absolute atomic E-state index is 0. The lowest BCUT2D eigenvalue weighted by Crippen LogP contribution is -1.96. The second kappa shape index (κ2) is 5.11. The molecule has 0 saturated heterocycles. The van der Waals surface area contributed by atoms with E-state index in [4.69, 9.17) is 5.11 Å². The number of aromatic carboxylic acids is 1. The van der Waals surface area contributed by atoms with Crippen LogP contribution in [0.25, 0.3) is 10.8 Å². The minimum atomic E-state index is -1.12. The monoisotopic (exact) mass is 224 g/mol. The second-order valence-corrected chi connectivity index (χ2v) is 3.02. The topological polar surface area (TPSA) is 121 Å². The van der Waals surface area contributed by atoms with Gasteiger partial charge in [0.05, 0.1) is 0 Å². The molecule has 0 aliphatic carbocycles. The Balaban J connectivity index is 0.00000112. The van der Waals surface area contributed by atoms with Gasteiger partial charge in [-0.3, -0.25) is 0 Å². The van der Waals surface area contributed by atoms with Crippen LogP contribution in [0.15, 0.2) is 36.4 Å². The van der Waals surface area contributed by atoms with Crippen molar-refractivity contribution in [3.63, 3.8) is 0 Å². The fourth-order valence-electron chi connectivity index (χ4n) is 1.40. The molecule has 6 N–H and O–H groups in total. The number of carbonyl (C=O) groups is 1. The molecule has 2 aromatic carbocycles. The Kier molecular flexibility index (Phi) is 4.43. The van der Waals surface area contributed by atoms with Gasteiger partial charge in [-0.2, -0.15) is 0 Å². The van der Waals surface area contributed by atoms with Gasteiger partial charge in [-0.05, 0) is 22.9 Å². The van der Waals surface area contributed by atoms with Gasteiger partial charge in [-0.15, -0.1) is 0 Å². The fraction of sp³-hybridized carbons (Fsp3) is 0. The molecule has 0 aliphatic heterocycles. The summed E-state index contributed by atoms with van der Waals surface area (Å²) in [5.74, 6) is -1.32. The average molecular weight is 224 g/mol. The molecule has 0 atom stereocenters. The summed E-state index contributed by atoms with van der Waals surface area (Å²) in [6.45, 7) is 0. The SMILES string of the molecule is O.O.O=C(O)c1cc2ccccc2cc1O. The van der Waals surface area contributed by atoms with Crippen molar-refractivity contribution in [1.29, 1.82) is 0 Å². The molecule has 86 valence electrons. The number of hydrogen-bond acceptors (Lipinski definition) is 2. The summed E-state index contributed by atoms with van der Waals surface area (Å²) in [6.07, 6.45) is 0. The Morgan fingerprint density at radius 2 is 1.50 bits per heavy atom. The third-order valence-electron chi connectivity index (χ3n) is 2.09. The van der Waals surface area contributed by atoms with Gasteiger partial charge in [0, 0.05) is 0 Å². The number of benzene rings is 2. The summed E-state index contributed by atoms with van der Waals surface area (Å²) in [4.78, 5) is 10.7. The van der Waals surface area contributed by atoms with E-state index in [1.54, 1.807) is 6.07 Å². The number of fused-ring (bicyclic) bond motifs is 1. The highest BCUT2D eigenvalue weighted by Gasteiger charge is 2.09. The molecule has 0 radical (unpaired) electrons. The van der Waals surface area contributed by atoms with Gasteiger partial charge in [-0.1, -0.05) is 24.3 Å². The molecule has 0 heterocycles. The Labute approximate surface area is 91.2 Å². The van der Waals surface area contributed by atoms with Gasteiger partial charge >= 0.3 is 5.97 Å². The maximum absolute atomic E-state index is 10.7. The number of phenols is 1. The first-order chi connectivity index (χ1) is 6.68. The molecule has 16 heavy (non-hydrogen) atoms. The van der Waals surface area contributed by atoms with E-state index >= 15 is 0 Å². The van der Waals surface area contributed by atoms with Crippen LogP contribution in [0, 0.1) is 0 Å². The van der Waals surface area contributed by atoms with Crippen molar-refractivity contribution < 1.29 is 26.0 Å². The van der Waals surface area contributed by atoms with Crippen molar-refractivity contribution in [3.05, 3.63) is 42.0 Å². The van der Waals surface area contributed by atoms with E-state index in [-0.39, 0.29) is 22.3 Å². The molecule has 0 fully saturated rings. The van der Waals surface area contributed by atoms with Gasteiger partial charge in [0.1, 0.15) is 11.3 Å². The Morgan fingerprint density at radius 3 is 2.00 bits per heavy atom. The lowest BCUT2D eigenvalue weighted by Gasteiger charge is -2.02. The van der Waals surface area contributed by atoms with Crippen molar-refractivity contribution in [2.45, 2.75) is 0 Å². The van der Waals surface area contributed by atoms with E-state index in [9.17, 15) is 9.90 Å². The third kappa shape index (κ3) is 2.28. The van der Waals surface area contributed by atoms with Crippen molar-refractivity contribution in [2.75, 3.05) is 0 Å². The highest BCUT2D eigenvalue weighted by Crippen LogP contribution is 2.24. The molecule has 0 aromatic heterocycles. The number of hydrogen-bond donors (Lipinski definition) is 2. The van der Waals surface area contributed by atoms with Crippen molar-refractivity contribution in [3.8, 4) is 5.75 Å². The number of rotatable bonds is 1. The molecule has 2 aromatic rings. The van der Waals surface area contributed by atoms with E-state index < -0.39 is 5.97 Å². The summed E-state index contributed by atoms with van der Waals surface area (Å²) in [7, 11) is 0. The van der Waals surface area contributed by atoms with Crippen LogP contribution in [0.4, 0.5) is 0 Å². The molecule has 0 bridgehead atoms. The van der Waals surface area contributed by atoms with Crippen LogP contribution in [0.3, 0.4) is 0 Å². The van der Waals surface area contributed by atoms with Crippen molar-refractivity contribution in [2.24, 2.45) is 0 Å². The quantitative estimate of drug-likeness (QED) is 0.737. The van der Waals surface area contributed by atoms with E-state index in [0.29, 0.717) is 0 Å². The van der Waals surface area contributed by atoms with Crippen LogP contribution < -0.4 is 0 Å². The fourth-order valence-corrected chi connectivity index (χ4v) is 1.40. The zero-order chi connectivity index (χ0) is 10.1. The summed E-state index contributed by atoms with van der Waals surface area (Å²) >= 11 is 0. The predicted octanol–water partition coefficient (Wildman–Crippen LogP) is 0.594. The normalized spacial score (nSPS) is 9.00. The molecule has 5 nitrogen and oxygen atoms in total. The van der Waals surface area contributed by atoms with Crippen LogP contribution in [-0.2, 0) is 0 Å². The zero-order valence-corrected chi connectivity index (χ0v) is 8.27. The highest BCUT2D eigenvalue weighted by atomic mass is 16.4. The molecule has 2 rings (SSSR count). The molecule has 0 aliphatic rings. The van der Waals surface area contributed by atoms with Gasteiger partial charge < -0.3 is 21.2 Å². The molecule has 0 saturated carbocycles. The molecule has 0 amide bonds. The van der Waals surface area contributed by atoms with Gasteiger partial charge in [0.25, 0.3) is 0 Å². The zero-order valence-electron chi connectivity index (χ0n) is 8.27. The standard InChI is InChI=1S/C11H8O3.2H2O/c12-10-6-8-4-2-1-3-7(8)5-9(10)11(13)14;;/h1-6,12H,(H,13,14);2*1H2. The van der Waals surface area contributed by atoms with E-state index in [1.165, 1.54) is 12.1 Å². The number of carboxylic acid groups (broad SMARTS) is 1. The molecular formula is C11H12O5. The van der Waals surface area contributed by atoms with Crippen LogP contribution in [0.2, 0.25) is 0 Å². The predicted molar refractivity (Wildman–Crippen MR) is 59.8 cm³/mol. The average Bonchev–Trinajstić information content (AvgIpc) is 2.16. The van der Waals surface area contributed by atoms with Crippen LogP contribution >= 0.6 is 0 Å².